The molecule has 1 amide bonds. The summed E-state index contributed by atoms with van der Waals surface area (Å²) in [5.74, 6) is 0.333. The van der Waals surface area contributed by atoms with Crippen molar-refractivity contribution in [1.29, 1.82) is 0 Å². The first kappa shape index (κ1) is 21.0. The molecule has 0 spiro atoms. The SMILES string of the molecule is CN1CCCc2c(nc(-n3ncc4c(C(N)=O)cccc43)nc2NCc2cccc(F)c2)C1. The Balaban J connectivity index is 1.60. The molecule has 5 rings (SSSR count). The number of rotatable bonds is 5. The minimum Gasteiger partial charge on any atom is -0.366 e. The fourth-order valence-electron chi connectivity index (χ4n) is 4.27. The third-order valence-corrected chi connectivity index (χ3v) is 5.88. The monoisotopic (exact) mass is 445 g/mol. The van der Waals surface area contributed by atoms with Gasteiger partial charge in [0.25, 0.3) is 5.95 Å². The molecular formula is C24H24FN7O. The Morgan fingerprint density at radius 2 is 2.06 bits per heavy atom. The average molecular weight is 446 g/mol. The molecule has 168 valence electrons. The average Bonchev–Trinajstić information content (AvgIpc) is 3.13. The number of hydrogen-bond acceptors (Lipinski definition) is 6. The van der Waals surface area contributed by atoms with Crippen LogP contribution in [0.15, 0.2) is 48.7 Å². The number of carbonyl (C=O) groups excluding carboxylic acids is 1. The third kappa shape index (κ3) is 4.14. The molecule has 0 fully saturated rings. The number of hydrogen-bond donors (Lipinski definition) is 2. The summed E-state index contributed by atoms with van der Waals surface area (Å²) in [6, 6.07) is 11.8. The Morgan fingerprint density at radius 3 is 2.88 bits per heavy atom. The standard InChI is InChI=1S/C24H24FN7O/c1-31-10-4-8-18-20(14-31)29-24(30-23(18)27-12-15-5-2-6-16(25)11-15)32-21-9-3-7-17(22(26)33)19(21)13-28-32/h2-3,5-7,9,11,13H,4,8,10,12,14H2,1H3,(H2,26,33)(H,27,29,30). The summed E-state index contributed by atoms with van der Waals surface area (Å²) in [6.45, 7) is 2.08. The maximum absolute atomic E-state index is 13.6. The van der Waals surface area contributed by atoms with Gasteiger partial charge < -0.3 is 16.0 Å². The van der Waals surface area contributed by atoms with Gasteiger partial charge in [-0.25, -0.2) is 9.37 Å². The van der Waals surface area contributed by atoms with Gasteiger partial charge in [-0.05, 0) is 56.3 Å². The molecule has 4 aromatic rings. The van der Waals surface area contributed by atoms with Gasteiger partial charge in [-0.15, -0.1) is 0 Å². The van der Waals surface area contributed by atoms with Crippen molar-refractivity contribution in [1.82, 2.24) is 24.6 Å². The van der Waals surface area contributed by atoms with Crippen LogP contribution in [0.5, 0.6) is 0 Å². The predicted molar refractivity (Wildman–Crippen MR) is 124 cm³/mol. The summed E-state index contributed by atoms with van der Waals surface area (Å²) in [6.07, 6.45) is 3.45. The number of benzene rings is 2. The molecule has 33 heavy (non-hydrogen) atoms. The molecule has 0 aliphatic carbocycles. The van der Waals surface area contributed by atoms with Crippen molar-refractivity contribution in [2.24, 2.45) is 5.73 Å². The Labute approximate surface area is 190 Å². The number of halogens is 1. The molecule has 0 unspecified atom stereocenters. The summed E-state index contributed by atoms with van der Waals surface area (Å²) < 4.78 is 15.3. The minimum absolute atomic E-state index is 0.272. The minimum atomic E-state index is -0.512. The van der Waals surface area contributed by atoms with Crippen molar-refractivity contribution in [2.75, 3.05) is 18.9 Å². The van der Waals surface area contributed by atoms with Crippen LogP contribution >= 0.6 is 0 Å². The van der Waals surface area contributed by atoms with Gasteiger partial charge in [0.2, 0.25) is 5.91 Å². The van der Waals surface area contributed by atoms with Crippen LogP contribution in [-0.4, -0.2) is 44.1 Å². The van der Waals surface area contributed by atoms with Crippen LogP contribution in [-0.2, 0) is 19.5 Å². The smallest absolute Gasteiger partial charge is 0.253 e. The van der Waals surface area contributed by atoms with E-state index in [1.165, 1.54) is 12.1 Å². The van der Waals surface area contributed by atoms with Crippen LogP contribution in [0.4, 0.5) is 10.2 Å². The number of nitrogens with two attached hydrogens (primary N) is 1. The summed E-state index contributed by atoms with van der Waals surface area (Å²) >= 11 is 0. The predicted octanol–water partition coefficient (Wildman–Crippen LogP) is 3.04. The number of aromatic nitrogens is 4. The van der Waals surface area contributed by atoms with Gasteiger partial charge in [0.05, 0.1) is 23.0 Å². The maximum Gasteiger partial charge on any atom is 0.253 e. The highest BCUT2D eigenvalue weighted by Crippen LogP contribution is 2.27. The van der Waals surface area contributed by atoms with E-state index in [0.717, 1.165) is 36.2 Å². The van der Waals surface area contributed by atoms with Gasteiger partial charge >= 0.3 is 0 Å². The van der Waals surface area contributed by atoms with Gasteiger partial charge in [0, 0.05) is 24.0 Å². The molecule has 0 atom stereocenters. The zero-order chi connectivity index (χ0) is 22.9. The molecular weight excluding hydrogens is 421 g/mol. The van der Waals surface area contributed by atoms with E-state index >= 15 is 0 Å². The summed E-state index contributed by atoms with van der Waals surface area (Å²) in [5.41, 5.74) is 9.45. The van der Waals surface area contributed by atoms with E-state index in [4.69, 9.17) is 15.7 Å². The highest BCUT2D eigenvalue weighted by atomic mass is 19.1. The van der Waals surface area contributed by atoms with Crippen molar-refractivity contribution in [3.63, 3.8) is 0 Å². The lowest BCUT2D eigenvalue weighted by Crippen LogP contribution is -2.19. The van der Waals surface area contributed by atoms with Crippen LogP contribution in [0.25, 0.3) is 16.9 Å². The van der Waals surface area contributed by atoms with E-state index in [-0.39, 0.29) is 5.82 Å². The molecule has 3 N–H and O–H groups in total. The van der Waals surface area contributed by atoms with E-state index in [9.17, 15) is 9.18 Å². The molecule has 0 saturated carbocycles. The van der Waals surface area contributed by atoms with Crippen LogP contribution in [0.2, 0.25) is 0 Å². The highest BCUT2D eigenvalue weighted by Gasteiger charge is 2.21. The first-order valence-corrected chi connectivity index (χ1v) is 10.8. The molecule has 1 aliphatic heterocycles. The van der Waals surface area contributed by atoms with Gasteiger partial charge in [0.1, 0.15) is 11.6 Å². The van der Waals surface area contributed by atoms with E-state index < -0.39 is 5.91 Å². The van der Waals surface area contributed by atoms with Crippen molar-refractivity contribution in [3.8, 4) is 5.95 Å². The van der Waals surface area contributed by atoms with Gasteiger partial charge in [-0.1, -0.05) is 18.2 Å². The van der Waals surface area contributed by atoms with Crippen LogP contribution in [0, 0.1) is 5.82 Å². The zero-order valence-corrected chi connectivity index (χ0v) is 18.3. The lowest BCUT2D eigenvalue weighted by Gasteiger charge is -2.17. The number of primary amides is 1. The summed E-state index contributed by atoms with van der Waals surface area (Å²) in [4.78, 5) is 23.7. The second kappa shape index (κ2) is 8.59. The lowest BCUT2D eigenvalue weighted by atomic mass is 10.1. The maximum atomic E-state index is 13.6. The number of amides is 1. The van der Waals surface area contributed by atoms with E-state index in [1.54, 1.807) is 29.1 Å². The van der Waals surface area contributed by atoms with E-state index in [0.29, 0.717) is 41.3 Å². The molecule has 9 heteroatoms. The fourth-order valence-corrected chi connectivity index (χ4v) is 4.27. The van der Waals surface area contributed by atoms with Crippen LogP contribution in [0.3, 0.4) is 0 Å². The van der Waals surface area contributed by atoms with Crippen LogP contribution < -0.4 is 11.1 Å². The Kier molecular flexibility index (Phi) is 5.47. The van der Waals surface area contributed by atoms with Gasteiger partial charge in [-0.3, -0.25) is 4.79 Å². The highest BCUT2D eigenvalue weighted by molar-refractivity contribution is 6.05. The number of nitrogens with zero attached hydrogens (tertiary/aromatic N) is 5. The molecule has 0 saturated heterocycles. The third-order valence-electron chi connectivity index (χ3n) is 5.88. The number of fused-ring (bicyclic) bond motifs is 2. The molecule has 8 nitrogen and oxygen atoms in total. The summed E-state index contributed by atoms with van der Waals surface area (Å²) in [5, 5.41) is 8.50. The first-order valence-electron chi connectivity index (χ1n) is 10.8. The van der Waals surface area contributed by atoms with Crippen molar-refractivity contribution in [3.05, 3.63) is 76.9 Å². The fraction of sp³-hybridized carbons (Fsp3) is 0.250. The number of anilines is 1. The van der Waals surface area contributed by atoms with E-state index in [2.05, 4.69) is 22.4 Å². The zero-order valence-electron chi connectivity index (χ0n) is 18.3. The molecule has 3 heterocycles. The Morgan fingerprint density at radius 1 is 1.21 bits per heavy atom. The van der Waals surface area contributed by atoms with Gasteiger partial charge in [-0.2, -0.15) is 14.8 Å². The molecule has 2 aromatic heterocycles. The van der Waals surface area contributed by atoms with Crippen LogP contribution in [0.1, 0.15) is 33.6 Å². The van der Waals surface area contributed by atoms with Crippen molar-refractivity contribution >= 4 is 22.6 Å². The molecule has 0 radical (unpaired) electrons. The first-order chi connectivity index (χ1) is 16.0. The summed E-state index contributed by atoms with van der Waals surface area (Å²) in [7, 11) is 2.07. The largest absolute Gasteiger partial charge is 0.366 e. The Hall–Kier alpha value is -3.85. The lowest BCUT2D eigenvalue weighted by molar-refractivity contribution is 0.100. The normalized spacial score (nSPS) is 14.1. The van der Waals surface area contributed by atoms with Crippen molar-refractivity contribution in [2.45, 2.75) is 25.9 Å². The topological polar surface area (TPSA) is 102 Å². The second-order valence-electron chi connectivity index (χ2n) is 8.28. The Bertz CT molecular complexity index is 1350. The van der Waals surface area contributed by atoms with Crippen molar-refractivity contribution < 1.29 is 9.18 Å². The molecule has 1 aliphatic rings. The van der Waals surface area contributed by atoms with Gasteiger partial charge in [0.15, 0.2) is 0 Å². The number of carbonyl (C=O) groups is 1. The number of nitrogens with one attached hydrogen (secondary N) is 1. The quantitative estimate of drug-likeness (QED) is 0.490. The molecule has 2 aromatic carbocycles. The van der Waals surface area contributed by atoms with E-state index in [1.807, 2.05) is 12.1 Å². The molecule has 0 bridgehead atoms. The second-order valence-corrected chi connectivity index (χ2v) is 8.28.